The number of nitrogens with zero attached hydrogens (tertiary/aromatic N) is 3. The highest BCUT2D eigenvalue weighted by Gasteiger charge is 2.20. The van der Waals surface area contributed by atoms with E-state index in [1.54, 1.807) is 38.4 Å². The van der Waals surface area contributed by atoms with Crippen molar-refractivity contribution in [2.45, 2.75) is 6.42 Å². The minimum Gasteiger partial charge on any atom is -0.440 e. The van der Waals surface area contributed by atoms with E-state index in [0.717, 1.165) is 11.3 Å². The molecule has 4 rings (SSSR count). The molecule has 174 valence electrons. The number of carbonyl (C=O) groups excluding carboxylic acids is 1. The van der Waals surface area contributed by atoms with Crippen molar-refractivity contribution in [2.75, 3.05) is 63.8 Å². The largest absolute Gasteiger partial charge is 0.440 e. The van der Waals surface area contributed by atoms with Gasteiger partial charge < -0.3 is 23.9 Å². The van der Waals surface area contributed by atoms with Crippen molar-refractivity contribution in [2.24, 2.45) is 0 Å². The van der Waals surface area contributed by atoms with Gasteiger partial charge in [-0.25, -0.2) is 4.39 Å². The summed E-state index contributed by atoms with van der Waals surface area (Å²) < 4.78 is 24.9. The molecule has 2 aromatic carbocycles. The van der Waals surface area contributed by atoms with Gasteiger partial charge in [-0.3, -0.25) is 9.59 Å². The molecule has 0 bridgehead atoms. The first-order valence-electron chi connectivity index (χ1n) is 11.0. The van der Waals surface area contributed by atoms with Gasteiger partial charge in [-0.2, -0.15) is 0 Å². The fourth-order valence-electron chi connectivity index (χ4n) is 3.94. The molecule has 0 aliphatic carbocycles. The molecule has 0 saturated carbocycles. The number of fused-ring (bicyclic) bond motifs is 1. The molecule has 1 aliphatic heterocycles. The Morgan fingerprint density at radius 3 is 2.42 bits per heavy atom. The standard InChI is InChI=1S/C25H28FN3O4/c1-27(2)25(31)18-14-17(8-9-28(3)20-6-4-19(26)5-7-20)24-21(15-18)22(30)16-23(33-24)29-10-12-32-13-11-29/h4-7,14-16H,8-13H2,1-3H3. The van der Waals surface area contributed by atoms with Crippen LogP contribution < -0.4 is 15.2 Å². The summed E-state index contributed by atoms with van der Waals surface area (Å²) in [5, 5.41) is 0.388. The van der Waals surface area contributed by atoms with Crippen LogP contribution >= 0.6 is 0 Å². The molecule has 1 aliphatic rings. The van der Waals surface area contributed by atoms with E-state index >= 15 is 0 Å². The van der Waals surface area contributed by atoms with Crippen LogP contribution in [0.1, 0.15) is 15.9 Å². The van der Waals surface area contributed by atoms with Gasteiger partial charge in [0.05, 0.1) is 18.6 Å². The second-order valence-electron chi connectivity index (χ2n) is 8.41. The summed E-state index contributed by atoms with van der Waals surface area (Å²) in [7, 11) is 5.27. The highest BCUT2D eigenvalue weighted by atomic mass is 19.1. The highest BCUT2D eigenvalue weighted by molar-refractivity contribution is 5.98. The Morgan fingerprint density at radius 2 is 1.76 bits per heavy atom. The zero-order valence-electron chi connectivity index (χ0n) is 19.1. The fourth-order valence-corrected chi connectivity index (χ4v) is 3.94. The second kappa shape index (κ2) is 9.62. The summed E-state index contributed by atoms with van der Waals surface area (Å²) in [4.78, 5) is 31.2. The first kappa shape index (κ1) is 22.8. The van der Waals surface area contributed by atoms with Gasteiger partial charge >= 0.3 is 0 Å². The van der Waals surface area contributed by atoms with E-state index in [4.69, 9.17) is 9.15 Å². The monoisotopic (exact) mass is 453 g/mol. The van der Waals surface area contributed by atoms with E-state index < -0.39 is 0 Å². The minimum atomic E-state index is -0.287. The van der Waals surface area contributed by atoms with Crippen molar-refractivity contribution in [1.29, 1.82) is 0 Å². The van der Waals surface area contributed by atoms with Gasteiger partial charge in [0.2, 0.25) is 0 Å². The first-order chi connectivity index (χ1) is 15.8. The van der Waals surface area contributed by atoms with Gasteiger partial charge in [0.25, 0.3) is 5.91 Å². The molecule has 1 saturated heterocycles. The Hall–Kier alpha value is -3.39. The molecule has 0 spiro atoms. The molecule has 8 heteroatoms. The van der Waals surface area contributed by atoms with Crippen LogP contribution in [0.3, 0.4) is 0 Å². The summed E-state index contributed by atoms with van der Waals surface area (Å²) >= 11 is 0. The Kier molecular flexibility index (Phi) is 6.65. The zero-order chi connectivity index (χ0) is 23.5. The van der Waals surface area contributed by atoms with Crippen LogP contribution in [0.4, 0.5) is 16.0 Å². The van der Waals surface area contributed by atoms with E-state index in [1.165, 1.54) is 23.1 Å². The number of halogens is 1. The van der Waals surface area contributed by atoms with Crippen molar-refractivity contribution in [3.05, 3.63) is 69.6 Å². The van der Waals surface area contributed by atoms with Crippen LogP contribution in [0.15, 0.2) is 51.7 Å². The van der Waals surface area contributed by atoms with Crippen molar-refractivity contribution < 1.29 is 18.3 Å². The van der Waals surface area contributed by atoms with Crippen LogP contribution in [0, 0.1) is 5.82 Å². The molecular formula is C25H28FN3O4. The van der Waals surface area contributed by atoms with Gasteiger partial charge in [-0.15, -0.1) is 0 Å². The molecular weight excluding hydrogens is 425 g/mol. The molecule has 0 unspecified atom stereocenters. The molecule has 1 fully saturated rings. The molecule has 2 heterocycles. The van der Waals surface area contributed by atoms with Gasteiger partial charge in [0.15, 0.2) is 11.3 Å². The topological polar surface area (TPSA) is 66.2 Å². The lowest BCUT2D eigenvalue weighted by atomic mass is 10.0. The normalized spacial score (nSPS) is 13.9. The molecule has 1 aromatic heterocycles. The number of rotatable bonds is 6. The third kappa shape index (κ3) is 5.01. The predicted molar refractivity (Wildman–Crippen MR) is 127 cm³/mol. The molecule has 0 N–H and O–H groups in total. The fraction of sp³-hybridized carbons (Fsp3) is 0.360. The van der Waals surface area contributed by atoms with Crippen LogP contribution in [-0.2, 0) is 11.2 Å². The molecule has 1 amide bonds. The number of anilines is 2. The summed E-state index contributed by atoms with van der Waals surface area (Å²) in [6, 6.07) is 11.2. The van der Waals surface area contributed by atoms with Crippen molar-refractivity contribution >= 4 is 28.4 Å². The zero-order valence-corrected chi connectivity index (χ0v) is 19.1. The lowest BCUT2D eigenvalue weighted by Crippen LogP contribution is -2.36. The second-order valence-corrected chi connectivity index (χ2v) is 8.41. The minimum absolute atomic E-state index is 0.179. The quantitative estimate of drug-likeness (QED) is 0.571. The summed E-state index contributed by atoms with van der Waals surface area (Å²) in [5.41, 5.74) is 2.40. The van der Waals surface area contributed by atoms with Crippen LogP contribution in [-0.4, -0.2) is 64.8 Å². The maximum atomic E-state index is 13.3. The Morgan fingerprint density at radius 1 is 1.06 bits per heavy atom. The van der Waals surface area contributed by atoms with E-state index in [9.17, 15) is 14.0 Å². The average molecular weight is 454 g/mol. The Balaban J connectivity index is 1.73. The van der Waals surface area contributed by atoms with Crippen LogP contribution in [0.2, 0.25) is 0 Å². The number of ether oxygens (including phenoxy) is 1. The van der Waals surface area contributed by atoms with Crippen molar-refractivity contribution in [3.63, 3.8) is 0 Å². The van der Waals surface area contributed by atoms with Gasteiger partial charge in [-0.05, 0) is 48.4 Å². The molecule has 0 atom stereocenters. The number of benzene rings is 2. The molecule has 33 heavy (non-hydrogen) atoms. The van der Waals surface area contributed by atoms with E-state index in [2.05, 4.69) is 0 Å². The van der Waals surface area contributed by atoms with Gasteiger partial charge in [0.1, 0.15) is 11.4 Å². The Bertz CT molecular complexity index is 1200. The van der Waals surface area contributed by atoms with Crippen LogP contribution in [0.25, 0.3) is 11.0 Å². The summed E-state index contributed by atoms with van der Waals surface area (Å²) in [6.45, 7) is 3.04. The number of hydrogen-bond donors (Lipinski definition) is 0. The first-order valence-corrected chi connectivity index (χ1v) is 11.0. The number of carbonyl (C=O) groups is 1. The molecule has 7 nitrogen and oxygen atoms in total. The highest BCUT2D eigenvalue weighted by Crippen LogP contribution is 2.26. The Labute approximate surface area is 192 Å². The number of hydrogen-bond acceptors (Lipinski definition) is 6. The number of morpholine rings is 1. The van der Waals surface area contributed by atoms with Gasteiger partial charge in [-0.1, -0.05) is 0 Å². The lowest BCUT2D eigenvalue weighted by Gasteiger charge is -2.27. The van der Waals surface area contributed by atoms with Gasteiger partial charge in [0, 0.05) is 58.1 Å². The third-order valence-electron chi connectivity index (χ3n) is 5.85. The van der Waals surface area contributed by atoms with Crippen molar-refractivity contribution in [3.8, 4) is 0 Å². The predicted octanol–water partition coefficient (Wildman–Crippen LogP) is 3.15. The number of amides is 1. The van der Waals surface area contributed by atoms with E-state index in [1.807, 2.05) is 16.8 Å². The van der Waals surface area contributed by atoms with Crippen LogP contribution in [0.5, 0.6) is 0 Å². The lowest BCUT2D eigenvalue weighted by molar-refractivity contribution is 0.0827. The third-order valence-corrected chi connectivity index (χ3v) is 5.85. The van der Waals surface area contributed by atoms with Crippen molar-refractivity contribution in [1.82, 2.24) is 4.90 Å². The SMILES string of the molecule is CN(C)C(=O)c1cc(CCN(C)c2ccc(F)cc2)c2oc(N3CCOCC3)cc(=O)c2c1. The van der Waals surface area contributed by atoms with E-state index in [-0.39, 0.29) is 17.2 Å². The number of likely N-dealkylation sites (N-methyl/N-ethyl adjacent to an activating group) is 1. The maximum Gasteiger partial charge on any atom is 0.253 e. The molecule has 3 aromatic rings. The smallest absolute Gasteiger partial charge is 0.253 e. The van der Waals surface area contributed by atoms with E-state index in [0.29, 0.717) is 61.7 Å². The molecule has 0 radical (unpaired) electrons. The summed E-state index contributed by atoms with van der Waals surface area (Å²) in [6.07, 6.45) is 0.536. The average Bonchev–Trinajstić information content (AvgIpc) is 2.82. The maximum absolute atomic E-state index is 13.3. The summed E-state index contributed by atoms with van der Waals surface area (Å²) in [5.74, 6) is 0.0442.